The van der Waals surface area contributed by atoms with E-state index in [4.69, 9.17) is 0 Å². The Hall–Kier alpha value is -3.54. The Morgan fingerprint density at radius 2 is 0.708 bits per heavy atom. The molecule has 6 nitrogen and oxygen atoms in total. The summed E-state index contributed by atoms with van der Waals surface area (Å²) in [4.78, 5) is 3.27. The molecule has 0 saturated carbocycles. The van der Waals surface area contributed by atoms with E-state index >= 15 is 0 Å². The van der Waals surface area contributed by atoms with Crippen molar-refractivity contribution in [2.75, 3.05) is 0 Å². The number of fused-ring (bicyclic) bond motifs is 2. The molecule has 5 rings (SSSR count). The molecule has 5 aromatic rings. The molecule has 3 aromatic carbocycles. The van der Waals surface area contributed by atoms with Crippen LogP contribution in [0.5, 0.6) is 0 Å². The lowest BCUT2D eigenvalue weighted by Crippen LogP contribution is -2.07. The van der Waals surface area contributed by atoms with E-state index in [2.05, 4.69) is 20.4 Å². The minimum atomic E-state index is 0.828. The maximum Gasteiger partial charge on any atom is 0.113 e. The summed E-state index contributed by atoms with van der Waals surface area (Å²) in [7, 11) is 0. The first-order valence-corrected chi connectivity index (χ1v) is 7.62. The molecule has 6 heteroatoms. The quantitative estimate of drug-likeness (QED) is 0.502. The average molecular weight is 312 g/mol. The first-order valence-electron chi connectivity index (χ1n) is 7.62. The van der Waals surface area contributed by atoms with Crippen molar-refractivity contribution in [3.05, 3.63) is 72.8 Å². The fraction of sp³-hybridized carbons (Fsp3) is 0. The van der Waals surface area contributed by atoms with E-state index in [-0.39, 0.29) is 0 Å². The number of nitrogens with zero attached hydrogens (tertiary/aromatic N) is 6. The Morgan fingerprint density at radius 3 is 1.04 bits per heavy atom. The van der Waals surface area contributed by atoms with Gasteiger partial charge >= 0.3 is 0 Å². The highest BCUT2D eigenvalue weighted by molar-refractivity contribution is 5.75. The lowest BCUT2D eigenvalue weighted by atomic mass is 10.3. The summed E-state index contributed by atoms with van der Waals surface area (Å²) in [5.74, 6) is 0. The van der Waals surface area contributed by atoms with Crippen LogP contribution in [0, 0.1) is 0 Å². The molecule has 0 aliphatic rings. The van der Waals surface area contributed by atoms with Crippen LogP contribution in [-0.4, -0.2) is 30.0 Å². The number of benzene rings is 3. The zero-order chi connectivity index (χ0) is 15.9. The molecule has 0 atom stereocenters. The summed E-state index contributed by atoms with van der Waals surface area (Å²) in [6.45, 7) is 0. The monoisotopic (exact) mass is 312 g/mol. The zero-order valence-electron chi connectivity index (χ0n) is 12.6. The van der Waals surface area contributed by atoms with Crippen LogP contribution in [0.25, 0.3) is 33.4 Å². The van der Waals surface area contributed by atoms with Gasteiger partial charge in [-0.1, -0.05) is 36.4 Å². The summed E-state index contributed by atoms with van der Waals surface area (Å²) in [6, 6.07) is 23.4. The minimum Gasteiger partial charge on any atom is -0.148 e. The van der Waals surface area contributed by atoms with Gasteiger partial charge in [0.15, 0.2) is 0 Å². The number of hydrogen-bond acceptors (Lipinski definition) is 4. The molecule has 0 aliphatic heterocycles. The molecular formula is C18H12N6. The van der Waals surface area contributed by atoms with Crippen LogP contribution in [0.15, 0.2) is 72.8 Å². The van der Waals surface area contributed by atoms with Crippen molar-refractivity contribution >= 4 is 22.1 Å². The minimum absolute atomic E-state index is 0.828. The number of hydrogen-bond donors (Lipinski definition) is 0. The van der Waals surface area contributed by atoms with Gasteiger partial charge in [-0.2, -0.15) is 0 Å². The van der Waals surface area contributed by atoms with Crippen LogP contribution in [0.1, 0.15) is 0 Å². The Labute approximate surface area is 136 Å². The van der Waals surface area contributed by atoms with E-state index in [1.54, 1.807) is 9.59 Å². The van der Waals surface area contributed by atoms with Crippen LogP contribution in [-0.2, 0) is 0 Å². The van der Waals surface area contributed by atoms with Crippen LogP contribution in [0.2, 0.25) is 0 Å². The van der Waals surface area contributed by atoms with Gasteiger partial charge in [-0.15, -0.1) is 30.0 Å². The molecule has 0 saturated heterocycles. The molecule has 0 N–H and O–H groups in total. The number of para-hydroxylation sites is 2. The number of aromatic nitrogens is 6. The van der Waals surface area contributed by atoms with Gasteiger partial charge in [-0.3, -0.25) is 0 Å². The summed E-state index contributed by atoms with van der Waals surface area (Å²) >= 11 is 0. The molecule has 2 heterocycles. The van der Waals surface area contributed by atoms with E-state index in [1.165, 1.54) is 0 Å². The van der Waals surface area contributed by atoms with Gasteiger partial charge in [0.05, 0.1) is 0 Å². The third kappa shape index (κ3) is 1.97. The van der Waals surface area contributed by atoms with Gasteiger partial charge in [0.1, 0.15) is 33.4 Å². The normalized spacial score (nSPS) is 11.3. The Bertz CT molecular complexity index is 1010. The molecule has 2 aromatic heterocycles. The fourth-order valence-corrected chi connectivity index (χ4v) is 2.74. The second-order valence-corrected chi connectivity index (χ2v) is 5.45. The highest BCUT2D eigenvalue weighted by Gasteiger charge is 2.12. The van der Waals surface area contributed by atoms with Crippen molar-refractivity contribution in [3.8, 4) is 11.4 Å². The third-order valence-electron chi connectivity index (χ3n) is 3.89. The topological polar surface area (TPSA) is 61.4 Å². The predicted molar refractivity (Wildman–Crippen MR) is 91.3 cm³/mol. The highest BCUT2D eigenvalue weighted by atomic mass is 15.5. The molecule has 0 fully saturated rings. The first-order chi connectivity index (χ1) is 11.9. The van der Waals surface area contributed by atoms with Crippen molar-refractivity contribution in [1.29, 1.82) is 0 Å². The van der Waals surface area contributed by atoms with Crippen LogP contribution in [0.3, 0.4) is 0 Å². The summed E-state index contributed by atoms with van der Waals surface area (Å²) < 4.78 is 0. The van der Waals surface area contributed by atoms with Crippen molar-refractivity contribution in [1.82, 2.24) is 30.0 Å². The lowest BCUT2D eigenvalue weighted by molar-refractivity contribution is 0.717. The molecule has 0 amide bonds. The Morgan fingerprint density at radius 1 is 0.417 bits per heavy atom. The first kappa shape index (κ1) is 13.0. The fourth-order valence-electron chi connectivity index (χ4n) is 2.74. The van der Waals surface area contributed by atoms with Crippen LogP contribution >= 0.6 is 0 Å². The van der Waals surface area contributed by atoms with Gasteiger partial charge in [0, 0.05) is 0 Å². The van der Waals surface area contributed by atoms with Crippen molar-refractivity contribution < 1.29 is 0 Å². The molecule has 0 radical (unpaired) electrons. The van der Waals surface area contributed by atoms with E-state index in [0.717, 1.165) is 33.4 Å². The molecule has 24 heavy (non-hydrogen) atoms. The van der Waals surface area contributed by atoms with E-state index in [9.17, 15) is 0 Å². The maximum absolute atomic E-state index is 4.56. The second-order valence-electron chi connectivity index (χ2n) is 5.45. The van der Waals surface area contributed by atoms with Gasteiger partial charge in [-0.05, 0) is 36.4 Å². The van der Waals surface area contributed by atoms with Gasteiger partial charge in [0.25, 0.3) is 0 Å². The Balaban J connectivity index is 1.72. The van der Waals surface area contributed by atoms with E-state index < -0.39 is 0 Å². The summed E-state index contributed by atoms with van der Waals surface area (Å²) in [6.07, 6.45) is 0. The molecule has 0 unspecified atom stereocenters. The van der Waals surface area contributed by atoms with Gasteiger partial charge < -0.3 is 0 Å². The van der Waals surface area contributed by atoms with Crippen LogP contribution in [0.4, 0.5) is 0 Å². The van der Waals surface area contributed by atoms with Crippen molar-refractivity contribution in [2.24, 2.45) is 0 Å². The molecule has 0 bridgehead atoms. The van der Waals surface area contributed by atoms with Crippen molar-refractivity contribution in [3.63, 3.8) is 0 Å². The zero-order valence-corrected chi connectivity index (χ0v) is 12.6. The number of rotatable bonds is 2. The molecular weight excluding hydrogens is 300 g/mol. The highest BCUT2D eigenvalue weighted by Crippen LogP contribution is 2.20. The summed E-state index contributed by atoms with van der Waals surface area (Å²) in [5, 5.41) is 18.2. The third-order valence-corrected chi connectivity index (χ3v) is 3.89. The smallest absolute Gasteiger partial charge is 0.113 e. The SMILES string of the molecule is c1ccc(-n2nc3ccccc3n2)c(-n2nc3ccccc3n2)c1. The largest absolute Gasteiger partial charge is 0.148 e. The van der Waals surface area contributed by atoms with Crippen LogP contribution < -0.4 is 0 Å². The van der Waals surface area contributed by atoms with E-state index in [1.807, 2.05) is 72.8 Å². The lowest BCUT2D eigenvalue weighted by Gasteiger charge is -2.06. The summed E-state index contributed by atoms with van der Waals surface area (Å²) in [5.41, 5.74) is 5.07. The van der Waals surface area contributed by atoms with Crippen molar-refractivity contribution in [2.45, 2.75) is 0 Å². The van der Waals surface area contributed by atoms with Gasteiger partial charge in [0.2, 0.25) is 0 Å². The predicted octanol–water partition coefficient (Wildman–Crippen LogP) is 3.15. The Kier molecular flexibility index (Phi) is 2.69. The molecule has 0 aliphatic carbocycles. The second kappa shape index (κ2) is 4.99. The standard InChI is InChI=1S/C18H12N6/c1-2-8-14-13(7-1)19-23(20-14)17-11-5-6-12-18(17)24-21-15-9-3-4-10-16(15)22-24/h1-12H. The molecule has 0 spiro atoms. The average Bonchev–Trinajstić information content (AvgIpc) is 3.25. The van der Waals surface area contributed by atoms with Gasteiger partial charge in [-0.25, -0.2) is 0 Å². The maximum atomic E-state index is 4.56. The van der Waals surface area contributed by atoms with E-state index in [0.29, 0.717) is 0 Å². The molecule has 114 valence electrons.